The predicted octanol–water partition coefficient (Wildman–Crippen LogP) is -2.36. The van der Waals surface area contributed by atoms with Gasteiger partial charge in [-0.25, -0.2) is 4.79 Å². The van der Waals surface area contributed by atoms with Crippen LogP contribution in [0.2, 0.25) is 0 Å². The van der Waals surface area contributed by atoms with Crippen LogP contribution in [0.15, 0.2) is 0 Å². The Hall–Kier alpha value is -1.85. The Morgan fingerprint density at radius 3 is 1.92 bits per heavy atom. The number of thioether (sulfide) groups is 1. The van der Waals surface area contributed by atoms with Crippen molar-refractivity contribution in [1.82, 2.24) is 16.0 Å². The van der Waals surface area contributed by atoms with Crippen molar-refractivity contribution in [3.63, 3.8) is 0 Å². The van der Waals surface area contributed by atoms with Crippen LogP contribution < -0.4 is 21.7 Å². The third-order valence-corrected chi connectivity index (χ3v) is 3.91. The average molecular weight is 378 g/mol. The lowest BCUT2D eigenvalue weighted by atomic mass is 10.2. The molecule has 11 heteroatoms. The van der Waals surface area contributed by atoms with Gasteiger partial charge < -0.3 is 31.9 Å². The van der Waals surface area contributed by atoms with E-state index in [1.807, 2.05) is 6.26 Å². The molecule has 4 atom stereocenters. The zero-order chi connectivity index (χ0) is 19.6. The SMILES string of the molecule is CSCCC(N)C(=O)NC(C)C(=O)NC(C)C(=O)NC(CO)C(=O)O. The van der Waals surface area contributed by atoms with Crippen LogP contribution in [0.1, 0.15) is 20.3 Å². The molecule has 10 nitrogen and oxygen atoms in total. The molecule has 0 aromatic carbocycles. The molecule has 0 aliphatic rings. The molecular weight excluding hydrogens is 352 g/mol. The van der Waals surface area contributed by atoms with Gasteiger partial charge in [0.1, 0.15) is 18.1 Å². The largest absolute Gasteiger partial charge is 0.480 e. The van der Waals surface area contributed by atoms with Gasteiger partial charge in [-0.05, 0) is 32.3 Å². The number of amides is 3. The summed E-state index contributed by atoms with van der Waals surface area (Å²) in [6.45, 7) is 2.01. The molecule has 0 aliphatic carbocycles. The maximum atomic E-state index is 12.0. The highest BCUT2D eigenvalue weighted by Gasteiger charge is 2.25. The summed E-state index contributed by atoms with van der Waals surface area (Å²) in [7, 11) is 0. The number of aliphatic carboxylic acids is 1. The minimum atomic E-state index is -1.46. The first-order chi connectivity index (χ1) is 11.6. The lowest BCUT2D eigenvalue weighted by Crippen LogP contribution is -2.55. The Labute approximate surface area is 150 Å². The van der Waals surface area contributed by atoms with E-state index in [2.05, 4.69) is 16.0 Å². The van der Waals surface area contributed by atoms with Crippen molar-refractivity contribution >= 4 is 35.5 Å². The van der Waals surface area contributed by atoms with Crippen molar-refractivity contribution in [1.29, 1.82) is 0 Å². The standard InChI is InChI=1S/C14H26N4O6S/c1-7(17-13(22)9(15)4-5-25-3)11(20)16-8(2)12(21)18-10(6-19)14(23)24/h7-10,19H,4-6,15H2,1-3H3,(H,16,20)(H,17,22)(H,18,21)(H,23,24). The quantitative estimate of drug-likeness (QED) is 0.232. The normalized spacial score (nSPS) is 15.4. The van der Waals surface area contributed by atoms with E-state index in [1.165, 1.54) is 13.8 Å². The zero-order valence-corrected chi connectivity index (χ0v) is 15.3. The second-order valence-electron chi connectivity index (χ2n) is 5.43. The fourth-order valence-corrected chi connectivity index (χ4v) is 2.14. The van der Waals surface area contributed by atoms with Crippen molar-refractivity contribution in [2.45, 2.75) is 44.4 Å². The number of hydrogen-bond donors (Lipinski definition) is 6. The van der Waals surface area contributed by atoms with Crippen LogP contribution in [0.25, 0.3) is 0 Å². The molecule has 0 heterocycles. The average Bonchev–Trinajstić information content (AvgIpc) is 2.56. The molecule has 0 bridgehead atoms. The Kier molecular flexibility index (Phi) is 10.8. The highest BCUT2D eigenvalue weighted by atomic mass is 32.2. The third-order valence-electron chi connectivity index (χ3n) is 3.27. The molecule has 0 aliphatic heterocycles. The molecule has 4 unspecified atom stereocenters. The molecule has 0 rings (SSSR count). The number of carbonyl (C=O) groups excluding carboxylic acids is 3. The second-order valence-corrected chi connectivity index (χ2v) is 6.42. The summed E-state index contributed by atoms with van der Waals surface area (Å²) in [5, 5.41) is 24.5. The number of rotatable bonds is 11. The van der Waals surface area contributed by atoms with Gasteiger partial charge in [0.05, 0.1) is 12.6 Å². The topological polar surface area (TPSA) is 171 Å². The third kappa shape index (κ3) is 8.70. The summed E-state index contributed by atoms with van der Waals surface area (Å²) in [6.07, 6.45) is 2.36. The van der Waals surface area contributed by atoms with Crippen molar-refractivity contribution in [2.75, 3.05) is 18.6 Å². The first-order valence-electron chi connectivity index (χ1n) is 7.63. The Balaban J connectivity index is 4.48. The maximum Gasteiger partial charge on any atom is 0.328 e. The lowest BCUT2D eigenvalue weighted by Gasteiger charge is -2.21. The number of aliphatic hydroxyl groups excluding tert-OH is 1. The van der Waals surface area contributed by atoms with Crippen molar-refractivity contribution in [3.05, 3.63) is 0 Å². The fourth-order valence-electron chi connectivity index (χ4n) is 1.65. The van der Waals surface area contributed by atoms with E-state index < -0.39 is 54.5 Å². The van der Waals surface area contributed by atoms with E-state index in [0.29, 0.717) is 12.2 Å². The molecule has 0 radical (unpaired) electrons. The van der Waals surface area contributed by atoms with Crippen LogP contribution in [0.5, 0.6) is 0 Å². The summed E-state index contributed by atoms with van der Waals surface area (Å²) in [5.41, 5.74) is 5.70. The van der Waals surface area contributed by atoms with E-state index in [4.69, 9.17) is 15.9 Å². The van der Waals surface area contributed by atoms with Crippen LogP contribution in [0.3, 0.4) is 0 Å². The number of hydrogen-bond acceptors (Lipinski definition) is 7. The summed E-state index contributed by atoms with van der Waals surface area (Å²) in [6, 6.07) is -4.16. The first kappa shape index (κ1) is 23.1. The van der Waals surface area contributed by atoms with E-state index in [-0.39, 0.29) is 0 Å². The van der Waals surface area contributed by atoms with Gasteiger partial charge in [0.25, 0.3) is 0 Å². The Bertz CT molecular complexity index is 490. The van der Waals surface area contributed by atoms with Gasteiger partial charge in [-0.3, -0.25) is 14.4 Å². The number of carbonyl (C=O) groups is 4. The number of nitrogens with one attached hydrogen (secondary N) is 3. The van der Waals surface area contributed by atoms with Gasteiger partial charge in [-0.1, -0.05) is 0 Å². The first-order valence-corrected chi connectivity index (χ1v) is 9.02. The molecular formula is C14H26N4O6S. The number of aliphatic hydroxyl groups is 1. The van der Waals surface area contributed by atoms with Crippen LogP contribution in [0, 0.1) is 0 Å². The second kappa shape index (κ2) is 11.7. The predicted molar refractivity (Wildman–Crippen MR) is 92.8 cm³/mol. The summed E-state index contributed by atoms with van der Waals surface area (Å²) < 4.78 is 0. The minimum Gasteiger partial charge on any atom is -0.480 e. The Morgan fingerprint density at radius 1 is 1.00 bits per heavy atom. The fraction of sp³-hybridized carbons (Fsp3) is 0.714. The van der Waals surface area contributed by atoms with Crippen molar-refractivity contribution in [2.24, 2.45) is 5.73 Å². The molecule has 0 aromatic rings. The van der Waals surface area contributed by atoms with Crippen LogP contribution >= 0.6 is 11.8 Å². The van der Waals surface area contributed by atoms with Gasteiger partial charge in [0.2, 0.25) is 17.7 Å². The minimum absolute atomic E-state index is 0.470. The Morgan fingerprint density at radius 2 is 1.48 bits per heavy atom. The molecule has 0 fully saturated rings. The van der Waals surface area contributed by atoms with Gasteiger partial charge >= 0.3 is 5.97 Å². The lowest BCUT2D eigenvalue weighted by molar-refractivity contribution is -0.143. The highest BCUT2D eigenvalue weighted by molar-refractivity contribution is 7.98. The summed E-state index contributed by atoms with van der Waals surface area (Å²) in [5.74, 6) is -2.55. The highest BCUT2D eigenvalue weighted by Crippen LogP contribution is 1.99. The number of carboxylic acid groups (broad SMARTS) is 1. The van der Waals surface area contributed by atoms with Gasteiger partial charge in [0.15, 0.2) is 0 Å². The van der Waals surface area contributed by atoms with E-state index in [1.54, 1.807) is 11.8 Å². The molecule has 144 valence electrons. The van der Waals surface area contributed by atoms with Crippen LogP contribution in [0.4, 0.5) is 0 Å². The maximum absolute atomic E-state index is 12.0. The van der Waals surface area contributed by atoms with Gasteiger partial charge in [0, 0.05) is 0 Å². The van der Waals surface area contributed by atoms with Crippen molar-refractivity contribution < 1.29 is 29.4 Å². The van der Waals surface area contributed by atoms with Crippen LogP contribution in [-0.2, 0) is 19.2 Å². The summed E-state index contributed by atoms with van der Waals surface area (Å²) in [4.78, 5) is 46.4. The smallest absolute Gasteiger partial charge is 0.328 e. The summed E-state index contributed by atoms with van der Waals surface area (Å²) >= 11 is 1.55. The molecule has 0 aromatic heterocycles. The van der Waals surface area contributed by atoms with Crippen molar-refractivity contribution in [3.8, 4) is 0 Å². The number of carboxylic acids is 1. The molecule has 0 saturated heterocycles. The van der Waals surface area contributed by atoms with Gasteiger partial charge in [-0.15, -0.1) is 0 Å². The van der Waals surface area contributed by atoms with E-state index in [9.17, 15) is 19.2 Å². The molecule has 25 heavy (non-hydrogen) atoms. The van der Waals surface area contributed by atoms with E-state index in [0.717, 1.165) is 0 Å². The number of nitrogens with two attached hydrogens (primary N) is 1. The molecule has 7 N–H and O–H groups in total. The monoisotopic (exact) mass is 378 g/mol. The molecule has 0 saturated carbocycles. The van der Waals surface area contributed by atoms with Crippen LogP contribution in [-0.4, -0.2) is 76.7 Å². The molecule has 0 spiro atoms. The molecule has 3 amide bonds. The van der Waals surface area contributed by atoms with Gasteiger partial charge in [-0.2, -0.15) is 11.8 Å². The van der Waals surface area contributed by atoms with E-state index >= 15 is 0 Å². The zero-order valence-electron chi connectivity index (χ0n) is 14.4.